The molecule has 0 amide bonds. The summed E-state index contributed by atoms with van der Waals surface area (Å²) >= 11 is 7.49. The lowest BCUT2D eigenvalue weighted by atomic mass is 10.1. The van der Waals surface area contributed by atoms with Crippen LogP contribution in [0.15, 0.2) is 15.6 Å². The number of rotatable bonds is 4. The third-order valence-corrected chi connectivity index (χ3v) is 5.46. The number of benzene rings is 1. The van der Waals surface area contributed by atoms with Gasteiger partial charge in [-0.3, -0.25) is 4.79 Å². The van der Waals surface area contributed by atoms with Crippen molar-refractivity contribution < 1.29 is 40.3 Å². The van der Waals surface area contributed by atoms with E-state index in [1.807, 2.05) is 0 Å². The maximum absolute atomic E-state index is 13.7. The molecule has 150 valence electrons. The number of hydrogen-bond acceptors (Lipinski definition) is 2. The Morgan fingerprint density at radius 3 is 2.07 bits per heavy atom. The van der Waals surface area contributed by atoms with Crippen LogP contribution in [0.5, 0.6) is 0 Å². The van der Waals surface area contributed by atoms with E-state index in [1.54, 1.807) is 0 Å². The lowest BCUT2D eigenvalue weighted by molar-refractivity contribution is -0.147. The highest BCUT2D eigenvalue weighted by atomic mass is 79.9. The maximum atomic E-state index is 13.7. The summed E-state index contributed by atoms with van der Waals surface area (Å²) < 4.78 is 95.6. The lowest BCUT2D eigenvalue weighted by Crippen LogP contribution is -2.14. The molecule has 27 heavy (non-hydrogen) atoms. The van der Waals surface area contributed by atoms with Crippen molar-refractivity contribution in [2.24, 2.45) is 17.3 Å². The predicted octanol–water partition coefficient (Wildman–Crippen LogP) is 6.01. The second kappa shape index (κ2) is 7.27. The molecule has 0 bridgehead atoms. The monoisotopic (exact) mass is 482 g/mol. The van der Waals surface area contributed by atoms with Crippen molar-refractivity contribution in [1.29, 1.82) is 0 Å². The topological polar surface area (TPSA) is 26.3 Å². The Hall–Kier alpha value is -1.29. The molecule has 0 aliphatic heterocycles. The molecule has 1 aliphatic rings. The Balaban J connectivity index is 2.16. The van der Waals surface area contributed by atoms with Crippen LogP contribution in [0, 0.1) is 40.5 Å². The first-order chi connectivity index (χ1) is 12.2. The molecule has 11 heteroatoms. The molecule has 0 N–H and O–H groups in total. The minimum absolute atomic E-state index is 0.660. The Kier molecular flexibility index (Phi) is 5.93. The fraction of sp³-hybridized carbons (Fsp3) is 0.438. The number of allylic oxidation sites excluding steroid dienone is 2. The summed E-state index contributed by atoms with van der Waals surface area (Å²) in [6.45, 7) is 1.81. The predicted molar refractivity (Wildman–Crippen MR) is 84.5 cm³/mol. The Labute approximate surface area is 162 Å². The van der Waals surface area contributed by atoms with E-state index in [4.69, 9.17) is 11.6 Å². The van der Waals surface area contributed by atoms with Crippen LogP contribution in [0.4, 0.5) is 30.7 Å². The quantitative estimate of drug-likeness (QED) is 0.227. The Morgan fingerprint density at radius 2 is 1.63 bits per heavy atom. The normalized spacial score (nSPS) is 22.0. The molecule has 2 nitrogen and oxygen atoms in total. The smallest absolute Gasteiger partial charge is 0.426 e. The summed E-state index contributed by atoms with van der Waals surface area (Å²) in [5, 5.41) is -1.41. The first-order valence-electron chi connectivity index (χ1n) is 7.32. The van der Waals surface area contributed by atoms with Gasteiger partial charge in [0.15, 0.2) is 23.3 Å². The van der Waals surface area contributed by atoms with Crippen LogP contribution < -0.4 is 0 Å². The summed E-state index contributed by atoms with van der Waals surface area (Å²) in [6.07, 6.45) is -4.12. The van der Waals surface area contributed by atoms with Crippen molar-refractivity contribution in [2.45, 2.75) is 26.6 Å². The van der Waals surface area contributed by atoms with Gasteiger partial charge in [-0.05, 0) is 27.3 Å². The van der Waals surface area contributed by atoms with Gasteiger partial charge in [0, 0.05) is 0 Å². The lowest BCUT2D eigenvalue weighted by Gasteiger charge is -2.10. The van der Waals surface area contributed by atoms with E-state index in [2.05, 4.69) is 20.7 Å². The van der Waals surface area contributed by atoms with Gasteiger partial charge in [-0.1, -0.05) is 31.5 Å². The molecule has 1 fully saturated rings. The van der Waals surface area contributed by atoms with E-state index in [-0.39, 0.29) is 0 Å². The zero-order valence-electron chi connectivity index (χ0n) is 13.7. The van der Waals surface area contributed by atoms with Crippen LogP contribution in [-0.4, -0.2) is 12.1 Å². The molecule has 0 radical (unpaired) electrons. The van der Waals surface area contributed by atoms with E-state index in [0.29, 0.717) is 6.08 Å². The van der Waals surface area contributed by atoms with Crippen LogP contribution in [0.25, 0.3) is 0 Å². The number of carbonyl (C=O) groups excluding carboxylic acids is 1. The van der Waals surface area contributed by atoms with Crippen molar-refractivity contribution >= 4 is 33.5 Å². The molecule has 0 saturated heterocycles. The van der Waals surface area contributed by atoms with Crippen molar-refractivity contribution in [3.05, 3.63) is 44.4 Å². The van der Waals surface area contributed by atoms with E-state index in [9.17, 15) is 35.5 Å². The molecule has 0 spiro atoms. The molecular formula is C16H11BrClF7O2. The molecule has 1 aromatic carbocycles. The van der Waals surface area contributed by atoms with Gasteiger partial charge in [0.25, 0.3) is 0 Å². The van der Waals surface area contributed by atoms with E-state index in [0.717, 1.165) is 0 Å². The molecule has 0 heterocycles. The van der Waals surface area contributed by atoms with Crippen LogP contribution in [0.3, 0.4) is 0 Å². The second-order valence-corrected chi connectivity index (χ2v) is 7.69. The standard InChI is InChI=1S/C16H11BrClF7O2/c1-15(2)6(3-7(18)16(23,24)25)8(15)14(26)27-4-5-10(19)12(21)9(17)13(22)11(5)20/h3,6,8H,4H2,1-2H3. The average molecular weight is 484 g/mol. The second-order valence-electron chi connectivity index (χ2n) is 6.49. The molecule has 2 rings (SSSR count). The maximum Gasteiger partial charge on any atom is 0.426 e. The Morgan fingerprint density at radius 1 is 1.15 bits per heavy atom. The summed E-state index contributed by atoms with van der Waals surface area (Å²) in [5.74, 6) is -9.97. The average Bonchev–Trinajstić information content (AvgIpc) is 3.10. The van der Waals surface area contributed by atoms with Gasteiger partial charge < -0.3 is 4.74 Å². The van der Waals surface area contributed by atoms with Gasteiger partial charge in [-0.2, -0.15) is 13.2 Å². The van der Waals surface area contributed by atoms with Crippen molar-refractivity contribution in [1.82, 2.24) is 0 Å². The number of halogens is 9. The molecule has 0 aromatic heterocycles. The number of alkyl halides is 3. The summed E-state index contributed by atoms with van der Waals surface area (Å²) in [6, 6.07) is 0. The fourth-order valence-corrected chi connectivity index (χ4v) is 3.19. The van der Waals surface area contributed by atoms with E-state index < -0.39 is 74.3 Å². The van der Waals surface area contributed by atoms with Crippen LogP contribution >= 0.6 is 27.5 Å². The SMILES string of the molecule is CC1(C)C(C=C(Cl)C(F)(F)F)C1C(=O)OCc1c(F)c(F)c(Br)c(F)c1F. The van der Waals surface area contributed by atoms with Crippen molar-refractivity contribution in [3.63, 3.8) is 0 Å². The zero-order valence-corrected chi connectivity index (χ0v) is 16.0. The van der Waals surface area contributed by atoms with Gasteiger partial charge >= 0.3 is 12.1 Å². The molecule has 2 atom stereocenters. The molecule has 1 saturated carbocycles. The highest BCUT2D eigenvalue weighted by molar-refractivity contribution is 9.10. The first-order valence-corrected chi connectivity index (χ1v) is 8.49. The van der Waals surface area contributed by atoms with Crippen molar-refractivity contribution in [3.8, 4) is 0 Å². The van der Waals surface area contributed by atoms with Gasteiger partial charge in [0.05, 0.1) is 16.0 Å². The molecular weight excluding hydrogens is 473 g/mol. The number of carbonyl (C=O) groups is 1. The summed E-state index contributed by atoms with van der Waals surface area (Å²) in [4.78, 5) is 12.1. The first kappa shape index (κ1) is 22.0. The fourth-order valence-electron chi connectivity index (χ4n) is 2.70. The largest absolute Gasteiger partial charge is 0.460 e. The summed E-state index contributed by atoms with van der Waals surface area (Å²) in [7, 11) is 0. The van der Waals surface area contributed by atoms with E-state index >= 15 is 0 Å². The minimum atomic E-state index is -4.78. The summed E-state index contributed by atoms with van der Waals surface area (Å²) in [5.41, 5.74) is -2.10. The van der Waals surface area contributed by atoms with Crippen molar-refractivity contribution in [2.75, 3.05) is 0 Å². The van der Waals surface area contributed by atoms with Crippen LogP contribution in [-0.2, 0) is 16.1 Å². The highest BCUT2D eigenvalue weighted by Crippen LogP contribution is 2.60. The minimum Gasteiger partial charge on any atom is -0.460 e. The number of hydrogen-bond donors (Lipinski definition) is 0. The molecule has 2 unspecified atom stereocenters. The molecule has 1 aliphatic carbocycles. The highest BCUT2D eigenvalue weighted by Gasteiger charge is 2.62. The van der Waals surface area contributed by atoms with E-state index in [1.165, 1.54) is 13.8 Å². The zero-order chi connectivity index (χ0) is 20.9. The van der Waals surface area contributed by atoms with Gasteiger partial charge in [-0.15, -0.1) is 0 Å². The van der Waals surface area contributed by atoms with Gasteiger partial charge in [0.1, 0.15) is 11.6 Å². The Bertz CT molecular complexity index is 791. The van der Waals surface area contributed by atoms with Crippen LogP contribution in [0.1, 0.15) is 19.4 Å². The molecule has 1 aromatic rings. The third-order valence-electron chi connectivity index (χ3n) is 4.42. The number of ether oxygens (including phenoxy) is 1. The number of esters is 1. The van der Waals surface area contributed by atoms with Gasteiger partial charge in [0.2, 0.25) is 0 Å². The van der Waals surface area contributed by atoms with Gasteiger partial charge in [-0.25, -0.2) is 17.6 Å². The third kappa shape index (κ3) is 4.11. The van der Waals surface area contributed by atoms with Crippen LogP contribution in [0.2, 0.25) is 0 Å².